The molecule has 9 heteroatoms. The summed E-state index contributed by atoms with van der Waals surface area (Å²) in [7, 11) is -0.843. The van der Waals surface area contributed by atoms with E-state index in [9.17, 15) is 14.5 Å². The molecule has 0 saturated carbocycles. The minimum atomic E-state index is -0.843. The quantitative estimate of drug-likeness (QED) is 0.391. The second-order valence-corrected chi connectivity index (χ2v) is 7.18. The van der Waals surface area contributed by atoms with Gasteiger partial charge in [0.1, 0.15) is 17.2 Å². The lowest BCUT2D eigenvalue weighted by Gasteiger charge is -2.32. The summed E-state index contributed by atoms with van der Waals surface area (Å²) in [5.74, 6) is -0.625. The molecule has 0 spiro atoms. The van der Waals surface area contributed by atoms with Crippen LogP contribution in [-0.4, -0.2) is 28.2 Å². The van der Waals surface area contributed by atoms with Crippen LogP contribution in [0.4, 0.5) is 15.8 Å². The van der Waals surface area contributed by atoms with Crippen molar-refractivity contribution >= 4 is 24.0 Å². The van der Waals surface area contributed by atoms with Crippen LogP contribution in [0.5, 0.6) is 0 Å². The van der Waals surface area contributed by atoms with Gasteiger partial charge < -0.3 is 15.0 Å². The van der Waals surface area contributed by atoms with E-state index in [4.69, 9.17) is 15.0 Å². The van der Waals surface area contributed by atoms with Crippen LogP contribution in [0.25, 0.3) is 11.3 Å². The van der Waals surface area contributed by atoms with Crippen LogP contribution in [-0.2, 0) is 9.31 Å². The Morgan fingerprint density at radius 3 is 2.38 bits per heavy atom. The standard InChI is InChI=1S/C17H19BFN3O4/c1-16(2)17(3,4)26-18(25-16)10-8-11(14(20)13(9-10)22(23)24)15-12(19)6-5-7-21-15/h5-9H,20H2,1-4H3. The van der Waals surface area contributed by atoms with Crippen LogP contribution in [0.3, 0.4) is 0 Å². The fraction of sp³-hybridized carbons (Fsp3) is 0.353. The van der Waals surface area contributed by atoms with Crippen LogP contribution in [0.15, 0.2) is 30.5 Å². The number of anilines is 1. The molecule has 2 N–H and O–H groups in total. The van der Waals surface area contributed by atoms with Gasteiger partial charge in [-0.15, -0.1) is 0 Å². The highest BCUT2D eigenvalue weighted by Crippen LogP contribution is 2.38. The third kappa shape index (κ3) is 2.93. The summed E-state index contributed by atoms with van der Waals surface area (Å²) < 4.78 is 26.1. The van der Waals surface area contributed by atoms with Crippen molar-refractivity contribution in [1.82, 2.24) is 4.98 Å². The molecule has 1 aliphatic rings. The zero-order chi connectivity index (χ0) is 19.3. The van der Waals surface area contributed by atoms with E-state index in [1.807, 2.05) is 27.7 Å². The van der Waals surface area contributed by atoms with E-state index in [2.05, 4.69) is 4.98 Å². The molecule has 1 aliphatic heterocycles. The van der Waals surface area contributed by atoms with Gasteiger partial charge in [-0.1, -0.05) is 6.07 Å². The van der Waals surface area contributed by atoms with E-state index in [1.54, 1.807) is 0 Å². The first-order chi connectivity index (χ1) is 12.0. The van der Waals surface area contributed by atoms with Crippen LogP contribution >= 0.6 is 0 Å². The SMILES string of the molecule is CC1(C)OB(c2cc(-c3ncccc3F)c(N)c([N+](=O)[O-])c2)OC1(C)C. The smallest absolute Gasteiger partial charge is 0.399 e. The third-order valence-corrected chi connectivity index (χ3v) is 4.92. The maximum atomic E-state index is 14.2. The van der Waals surface area contributed by atoms with Crippen molar-refractivity contribution in [2.45, 2.75) is 38.9 Å². The molecule has 0 aliphatic carbocycles. The second kappa shape index (κ2) is 6.03. The zero-order valence-electron chi connectivity index (χ0n) is 14.9. The monoisotopic (exact) mass is 359 g/mol. The number of benzene rings is 1. The average Bonchev–Trinajstić information content (AvgIpc) is 2.76. The lowest BCUT2D eigenvalue weighted by Crippen LogP contribution is -2.41. The van der Waals surface area contributed by atoms with Gasteiger partial charge in [-0.3, -0.25) is 15.1 Å². The fourth-order valence-corrected chi connectivity index (χ4v) is 2.71. The van der Waals surface area contributed by atoms with E-state index < -0.39 is 29.1 Å². The molecule has 1 saturated heterocycles. The van der Waals surface area contributed by atoms with Gasteiger partial charge in [-0.25, -0.2) is 4.39 Å². The van der Waals surface area contributed by atoms with Crippen molar-refractivity contribution < 1.29 is 18.6 Å². The summed E-state index contributed by atoms with van der Waals surface area (Å²) in [6.07, 6.45) is 1.39. The van der Waals surface area contributed by atoms with Crippen LogP contribution < -0.4 is 11.2 Å². The summed E-state index contributed by atoms with van der Waals surface area (Å²) in [4.78, 5) is 14.8. The van der Waals surface area contributed by atoms with Gasteiger partial charge in [-0.2, -0.15) is 0 Å². The maximum Gasteiger partial charge on any atom is 0.495 e. The Bertz CT molecular complexity index is 872. The molecular weight excluding hydrogens is 340 g/mol. The molecule has 2 heterocycles. The van der Waals surface area contributed by atoms with Gasteiger partial charge in [0.2, 0.25) is 0 Å². The van der Waals surface area contributed by atoms with Crippen molar-refractivity contribution in [3.8, 4) is 11.3 Å². The molecule has 0 unspecified atom stereocenters. The maximum absolute atomic E-state index is 14.2. The Labute approximate surface area is 150 Å². The predicted molar refractivity (Wildman–Crippen MR) is 96.4 cm³/mol. The minimum Gasteiger partial charge on any atom is -0.399 e. The first kappa shape index (κ1) is 18.3. The highest BCUT2D eigenvalue weighted by atomic mass is 19.1. The summed E-state index contributed by atoms with van der Waals surface area (Å²) in [5, 5.41) is 11.4. The number of pyridine rings is 1. The molecule has 7 nitrogen and oxygen atoms in total. The van der Waals surface area contributed by atoms with Gasteiger partial charge in [-0.05, 0) is 45.3 Å². The Hall–Kier alpha value is -2.52. The zero-order valence-corrected chi connectivity index (χ0v) is 14.9. The largest absolute Gasteiger partial charge is 0.495 e. The van der Waals surface area contributed by atoms with E-state index >= 15 is 0 Å². The van der Waals surface area contributed by atoms with Crippen molar-refractivity contribution in [3.05, 3.63) is 46.4 Å². The molecule has 1 aromatic carbocycles. The molecule has 0 radical (unpaired) electrons. The number of nitro benzene ring substituents is 1. The van der Waals surface area contributed by atoms with Crippen LogP contribution in [0.1, 0.15) is 27.7 Å². The number of nitrogens with two attached hydrogens (primary N) is 1. The topological polar surface area (TPSA) is 101 Å². The molecule has 1 aromatic heterocycles. The minimum absolute atomic E-state index is 0.0635. The Balaban J connectivity index is 2.17. The van der Waals surface area contributed by atoms with Gasteiger partial charge in [0.05, 0.1) is 16.1 Å². The first-order valence-electron chi connectivity index (χ1n) is 8.08. The van der Waals surface area contributed by atoms with Gasteiger partial charge in [0.15, 0.2) is 0 Å². The van der Waals surface area contributed by atoms with E-state index in [0.29, 0.717) is 5.46 Å². The molecule has 26 heavy (non-hydrogen) atoms. The Morgan fingerprint density at radius 2 is 1.85 bits per heavy atom. The van der Waals surface area contributed by atoms with Crippen molar-refractivity contribution in [3.63, 3.8) is 0 Å². The summed E-state index contributed by atoms with van der Waals surface area (Å²) in [6, 6.07) is 5.47. The van der Waals surface area contributed by atoms with Crippen molar-refractivity contribution in [1.29, 1.82) is 0 Å². The first-order valence-corrected chi connectivity index (χ1v) is 8.08. The van der Waals surface area contributed by atoms with Crippen LogP contribution in [0, 0.1) is 15.9 Å². The normalized spacial score (nSPS) is 18.1. The second-order valence-electron chi connectivity index (χ2n) is 7.18. The van der Waals surface area contributed by atoms with Crippen LogP contribution in [0.2, 0.25) is 0 Å². The summed E-state index contributed by atoms with van der Waals surface area (Å²) in [5.41, 5.74) is 4.62. The summed E-state index contributed by atoms with van der Waals surface area (Å²) >= 11 is 0. The Kier molecular flexibility index (Phi) is 4.24. The number of nitrogens with zero attached hydrogens (tertiary/aromatic N) is 2. The van der Waals surface area contributed by atoms with E-state index in [-0.39, 0.29) is 22.6 Å². The lowest BCUT2D eigenvalue weighted by molar-refractivity contribution is -0.383. The number of rotatable bonds is 3. The predicted octanol–water partition coefficient (Wildman–Crippen LogP) is 2.68. The van der Waals surface area contributed by atoms with Crippen molar-refractivity contribution in [2.24, 2.45) is 0 Å². The van der Waals surface area contributed by atoms with Gasteiger partial charge in [0, 0.05) is 17.8 Å². The molecule has 0 atom stereocenters. The molecule has 0 amide bonds. The number of aromatic nitrogens is 1. The fourth-order valence-electron chi connectivity index (χ4n) is 2.71. The molecular formula is C17H19BFN3O4. The number of hydrogen-bond acceptors (Lipinski definition) is 6. The number of hydrogen-bond donors (Lipinski definition) is 1. The highest BCUT2D eigenvalue weighted by Gasteiger charge is 2.52. The van der Waals surface area contributed by atoms with Crippen molar-refractivity contribution in [2.75, 3.05) is 5.73 Å². The third-order valence-electron chi connectivity index (χ3n) is 4.92. The van der Waals surface area contributed by atoms with Gasteiger partial charge >= 0.3 is 7.12 Å². The molecule has 2 aromatic rings. The number of nitro groups is 1. The lowest BCUT2D eigenvalue weighted by atomic mass is 9.77. The van der Waals surface area contributed by atoms with E-state index in [1.165, 1.54) is 30.5 Å². The molecule has 3 rings (SSSR count). The number of halogens is 1. The Morgan fingerprint density at radius 1 is 1.23 bits per heavy atom. The molecule has 0 bridgehead atoms. The number of nitrogen functional groups attached to an aromatic ring is 1. The molecule has 136 valence electrons. The van der Waals surface area contributed by atoms with Gasteiger partial charge in [0.25, 0.3) is 5.69 Å². The molecule has 1 fully saturated rings. The average molecular weight is 359 g/mol. The highest BCUT2D eigenvalue weighted by molar-refractivity contribution is 6.62. The summed E-state index contributed by atoms with van der Waals surface area (Å²) in [6.45, 7) is 7.49. The van der Waals surface area contributed by atoms with E-state index in [0.717, 1.165) is 0 Å².